The van der Waals surface area contributed by atoms with Gasteiger partial charge in [0.25, 0.3) is 0 Å². The quantitative estimate of drug-likeness (QED) is 0.819. The minimum Gasteiger partial charge on any atom is -0.478 e. The van der Waals surface area contributed by atoms with Crippen LogP contribution in [0.5, 0.6) is 0 Å². The molecule has 3 nitrogen and oxygen atoms in total. The Hall–Kier alpha value is -1.51. The normalized spacial score (nSPS) is 16.0. The molecule has 0 heterocycles. The summed E-state index contributed by atoms with van der Waals surface area (Å²) >= 11 is 0. The van der Waals surface area contributed by atoms with E-state index in [2.05, 4.69) is 5.32 Å². The lowest BCUT2D eigenvalue weighted by Gasteiger charge is -2.12. The molecule has 1 aliphatic carbocycles. The number of hydrogen-bond acceptors (Lipinski definition) is 2. The predicted octanol–water partition coefficient (Wildman–Crippen LogP) is 3.38. The van der Waals surface area contributed by atoms with Crippen molar-refractivity contribution in [2.45, 2.75) is 32.1 Å². The van der Waals surface area contributed by atoms with Crippen LogP contribution in [-0.4, -0.2) is 17.6 Å². The molecule has 92 valence electrons. The summed E-state index contributed by atoms with van der Waals surface area (Å²) in [5, 5.41) is 12.3. The molecular weight excluding hydrogens is 214 g/mol. The van der Waals surface area contributed by atoms with Gasteiger partial charge < -0.3 is 10.4 Å². The average molecular weight is 233 g/mol. The molecule has 0 radical (unpaired) electrons. The number of benzene rings is 1. The zero-order valence-corrected chi connectivity index (χ0v) is 9.98. The Bertz CT molecular complexity index is 384. The highest BCUT2D eigenvalue weighted by atomic mass is 16.4. The Labute approximate surface area is 102 Å². The van der Waals surface area contributed by atoms with Gasteiger partial charge in [0.05, 0.1) is 5.56 Å². The Morgan fingerprint density at radius 3 is 2.71 bits per heavy atom. The first-order valence-electron chi connectivity index (χ1n) is 6.33. The standard InChI is InChI=1S/C14H19NO2/c16-14(17)12-7-3-4-8-13(12)15-10-9-11-5-1-2-6-11/h3-4,7-8,11,15H,1-2,5-6,9-10H2,(H,16,17). The van der Waals surface area contributed by atoms with Crippen molar-refractivity contribution in [3.05, 3.63) is 29.8 Å². The van der Waals surface area contributed by atoms with E-state index in [4.69, 9.17) is 5.11 Å². The van der Waals surface area contributed by atoms with Gasteiger partial charge in [-0.05, 0) is 24.5 Å². The van der Waals surface area contributed by atoms with Crippen LogP contribution in [0.15, 0.2) is 24.3 Å². The second-order valence-corrected chi connectivity index (χ2v) is 4.72. The number of anilines is 1. The summed E-state index contributed by atoms with van der Waals surface area (Å²) in [6, 6.07) is 7.09. The van der Waals surface area contributed by atoms with E-state index in [9.17, 15) is 4.79 Å². The third-order valence-electron chi connectivity index (χ3n) is 3.50. The van der Waals surface area contributed by atoms with E-state index in [0.717, 1.165) is 24.6 Å². The first kappa shape index (κ1) is 12.0. The van der Waals surface area contributed by atoms with Crippen molar-refractivity contribution in [2.75, 3.05) is 11.9 Å². The molecular formula is C14H19NO2. The molecule has 1 fully saturated rings. The van der Waals surface area contributed by atoms with Crippen LogP contribution in [0.4, 0.5) is 5.69 Å². The smallest absolute Gasteiger partial charge is 0.337 e. The third kappa shape index (κ3) is 3.22. The zero-order chi connectivity index (χ0) is 12.1. The van der Waals surface area contributed by atoms with Gasteiger partial charge in [0.15, 0.2) is 0 Å². The molecule has 0 unspecified atom stereocenters. The molecule has 1 aromatic carbocycles. The third-order valence-corrected chi connectivity index (χ3v) is 3.50. The van der Waals surface area contributed by atoms with Gasteiger partial charge in [-0.15, -0.1) is 0 Å². The first-order valence-corrected chi connectivity index (χ1v) is 6.33. The summed E-state index contributed by atoms with van der Waals surface area (Å²) < 4.78 is 0. The van der Waals surface area contributed by atoms with Gasteiger partial charge in [-0.2, -0.15) is 0 Å². The molecule has 1 aliphatic rings. The zero-order valence-electron chi connectivity index (χ0n) is 9.98. The van der Waals surface area contributed by atoms with Crippen molar-refractivity contribution in [3.8, 4) is 0 Å². The maximum atomic E-state index is 11.0. The molecule has 0 bridgehead atoms. The second kappa shape index (κ2) is 5.71. The van der Waals surface area contributed by atoms with Crippen LogP contribution in [0.1, 0.15) is 42.5 Å². The number of carboxylic acid groups (broad SMARTS) is 1. The van der Waals surface area contributed by atoms with Crippen LogP contribution < -0.4 is 5.32 Å². The van der Waals surface area contributed by atoms with E-state index < -0.39 is 5.97 Å². The van der Waals surface area contributed by atoms with Crippen molar-refractivity contribution >= 4 is 11.7 Å². The molecule has 0 aliphatic heterocycles. The van der Waals surface area contributed by atoms with Crippen molar-refractivity contribution < 1.29 is 9.90 Å². The number of para-hydroxylation sites is 1. The highest BCUT2D eigenvalue weighted by Crippen LogP contribution is 2.27. The minimum absolute atomic E-state index is 0.360. The lowest BCUT2D eigenvalue weighted by molar-refractivity contribution is 0.0698. The van der Waals surface area contributed by atoms with Crippen LogP contribution in [-0.2, 0) is 0 Å². The van der Waals surface area contributed by atoms with Gasteiger partial charge in [-0.3, -0.25) is 0 Å². The summed E-state index contributed by atoms with van der Waals surface area (Å²) in [5.41, 5.74) is 1.09. The van der Waals surface area contributed by atoms with Crippen LogP contribution in [0.3, 0.4) is 0 Å². The summed E-state index contributed by atoms with van der Waals surface area (Å²) in [7, 11) is 0. The lowest BCUT2D eigenvalue weighted by atomic mass is 10.0. The van der Waals surface area contributed by atoms with Gasteiger partial charge in [0.1, 0.15) is 0 Å². The number of carbonyl (C=O) groups is 1. The molecule has 1 saturated carbocycles. The summed E-state index contributed by atoms with van der Waals surface area (Å²) in [6.07, 6.45) is 6.53. The molecule has 0 amide bonds. The van der Waals surface area contributed by atoms with Crippen molar-refractivity contribution in [2.24, 2.45) is 5.92 Å². The molecule has 1 aromatic rings. The van der Waals surface area contributed by atoms with Gasteiger partial charge >= 0.3 is 5.97 Å². The topological polar surface area (TPSA) is 49.3 Å². The van der Waals surface area contributed by atoms with Gasteiger partial charge in [0, 0.05) is 12.2 Å². The van der Waals surface area contributed by atoms with E-state index in [1.54, 1.807) is 12.1 Å². The van der Waals surface area contributed by atoms with Gasteiger partial charge in [-0.25, -0.2) is 4.79 Å². The van der Waals surface area contributed by atoms with Crippen LogP contribution in [0.25, 0.3) is 0 Å². The fraction of sp³-hybridized carbons (Fsp3) is 0.500. The predicted molar refractivity (Wildman–Crippen MR) is 68.5 cm³/mol. The molecule has 0 atom stereocenters. The largest absolute Gasteiger partial charge is 0.478 e. The fourth-order valence-corrected chi connectivity index (χ4v) is 2.53. The summed E-state index contributed by atoms with van der Waals surface area (Å²) in [4.78, 5) is 11.0. The average Bonchev–Trinajstić information content (AvgIpc) is 2.82. The SMILES string of the molecule is O=C(O)c1ccccc1NCCC1CCCC1. The van der Waals surface area contributed by atoms with E-state index in [1.807, 2.05) is 12.1 Å². The molecule has 0 spiro atoms. The lowest BCUT2D eigenvalue weighted by Crippen LogP contribution is -2.10. The number of rotatable bonds is 5. The number of carboxylic acids is 1. The number of hydrogen-bond donors (Lipinski definition) is 2. The molecule has 17 heavy (non-hydrogen) atoms. The van der Waals surface area contributed by atoms with Gasteiger partial charge in [-0.1, -0.05) is 37.8 Å². The summed E-state index contributed by atoms with van der Waals surface area (Å²) in [6.45, 7) is 0.870. The molecule has 3 heteroatoms. The summed E-state index contributed by atoms with van der Waals surface area (Å²) in [5.74, 6) is -0.0338. The minimum atomic E-state index is -0.867. The number of aromatic carboxylic acids is 1. The molecule has 2 N–H and O–H groups in total. The Morgan fingerprint density at radius 1 is 1.29 bits per heavy atom. The van der Waals surface area contributed by atoms with Crippen molar-refractivity contribution in [3.63, 3.8) is 0 Å². The Balaban J connectivity index is 1.87. The van der Waals surface area contributed by atoms with E-state index in [1.165, 1.54) is 25.7 Å². The van der Waals surface area contributed by atoms with E-state index >= 15 is 0 Å². The number of nitrogens with one attached hydrogen (secondary N) is 1. The van der Waals surface area contributed by atoms with Crippen molar-refractivity contribution in [1.82, 2.24) is 0 Å². The van der Waals surface area contributed by atoms with Crippen molar-refractivity contribution in [1.29, 1.82) is 0 Å². The van der Waals surface area contributed by atoms with E-state index in [-0.39, 0.29) is 0 Å². The maximum Gasteiger partial charge on any atom is 0.337 e. The molecule has 0 saturated heterocycles. The fourth-order valence-electron chi connectivity index (χ4n) is 2.53. The van der Waals surface area contributed by atoms with Crippen LogP contribution in [0, 0.1) is 5.92 Å². The maximum absolute atomic E-state index is 11.0. The Kier molecular flexibility index (Phi) is 4.02. The highest BCUT2D eigenvalue weighted by Gasteiger charge is 2.14. The van der Waals surface area contributed by atoms with Crippen LogP contribution >= 0.6 is 0 Å². The molecule has 0 aromatic heterocycles. The Morgan fingerprint density at radius 2 is 2.00 bits per heavy atom. The molecule has 2 rings (SSSR count). The highest BCUT2D eigenvalue weighted by molar-refractivity contribution is 5.94. The van der Waals surface area contributed by atoms with Crippen LogP contribution in [0.2, 0.25) is 0 Å². The second-order valence-electron chi connectivity index (χ2n) is 4.72. The first-order chi connectivity index (χ1) is 8.27. The monoisotopic (exact) mass is 233 g/mol. The van der Waals surface area contributed by atoms with Gasteiger partial charge in [0.2, 0.25) is 0 Å². The van der Waals surface area contributed by atoms with E-state index in [0.29, 0.717) is 5.56 Å².